The molecule has 0 aromatic heterocycles. The number of amides is 1. The van der Waals surface area contributed by atoms with Gasteiger partial charge in [0.2, 0.25) is 0 Å². The van der Waals surface area contributed by atoms with E-state index in [0.717, 1.165) is 12.0 Å². The van der Waals surface area contributed by atoms with Gasteiger partial charge < -0.3 is 5.32 Å². The fourth-order valence-electron chi connectivity index (χ4n) is 1.40. The van der Waals surface area contributed by atoms with Crippen molar-refractivity contribution in [3.05, 3.63) is 35.9 Å². The van der Waals surface area contributed by atoms with Crippen LogP contribution in [0.15, 0.2) is 40.5 Å². The number of carbonyl (C=O) groups is 1. The predicted molar refractivity (Wildman–Crippen MR) is 71.1 cm³/mol. The van der Waals surface area contributed by atoms with Crippen LogP contribution < -0.4 is 5.32 Å². The van der Waals surface area contributed by atoms with Gasteiger partial charge in [-0.3, -0.25) is 4.79 Å². The molecule has 4 nitrogen and oxygen atoms in total. The van der Waals surface area contributed by atoms with E-state index in [1.165, 1.54) is 11.8 Å². The molecule has 5 heteroatoms. The Hall–Kier alpha value is -1.62. The van der Waals surface area contributed by atoms with Crippen molar-refractivity contribution in [1.82, 2.24) is 5.32 Å². The largest absolute Gasteiger partial charge is 0.334 e. The lowest BCUT2D eigenvalue weighted by Gasteiger charge is -2.07. The van der Waals surface area contributed by atoms with Crippen molar-refractivity contribution in [3.8, 4) is 0 Å². The van der Waals surface area contributed by atoms with Crippen LogP contribution in [0.2, 0.25) is 0 Å². The first-order valence-electron chi connectivity index (χ1n) is 5.43. The van der Waals surface area contributed by atoms with Crippen molar-refractivity contribution in [3.63, 3.8) is 0 Å². The Bertz CT molecular complexity index is 456. The monoisotopic (exact) mass is 247 g/mol. The summed E-state index contributed by atoms with van der Waals surface area (Å²) in [6, 6.07) is 9.82. The van der Waals surface area contributed by atoms with Crippen molar-refractivity contribution >= 4 is 28.9 Å². The Morgan fingerprint density at radius 1 is 1.41 bits per heavy atom. The Kier molecular flexibility index (Phi) is 3.93. The summed E-state index contributed by atoms with van der Waals surface area (Å²) in [5.74, 6) is -0.155. The first-order valence-corrected chi connectivity index (χ1v) is 6.31. The Morgan fingerprint density at radius 3 is 2.88 bits per heavy atom. The Morgan fingerprint density at radius 2 is 2.18 bits per heavy atom. The molecule has 17 heavy (non-hydrogen) atoms. The van der Waals surface area contributed by atoms with E-state index >= 15 is 0 Å². The lowest BCUT2D eigenvalue weighted by atomic mass is 10.2. The van der Waals surface area contributed by atoms with Gasteiger partial charge in [-0.2, -0.15) is 5.10 Å². The van der Waals surface area contributed by atoms with Gasteiger partial charge in [0.15, 0.2) is 5.04 Å². The average Bonchev–Trinajstić information content (AvgIpc) is 2.73. The summed E-state index contributed by atoms with van der Waals surface area (Å²) < 4.78 is 0. The highest BCUT2D eigenvalue weighted by Crippen LogP contribution is 2.32. The minimum Gasteiger partial charge on any atom is -0.334 e. The quantitative estimate of drug-likeness (QED) is 0.658. The maximum absolute atomic E-state index is 11.6. The van der Waals surface area contributed by atoms with E-state index in [4.69, 9.17) is 0 Å². The molecule has 0 spiro atoms. The zero-order chi connectivity index (χ0) is 12.1. The second kappa shape index (κ2) is 5.63. The van der Waals surface area contributed by atoms with Crippen LogP contribution in [0.25, 0.3) is 0 Å². The van der Waals surface area contributed by atoms with Gasteiger partial charge in [-0.05, 0) is 12.0 Å². The summed E-state index contributed by atoms with van der Waals surface area (Å²) in [6.45, 7) is 1.97. The summed E-state index contributed by atoms with van der Waals surface area (Å²) in [5.41, 5.74) is 1.07. The minimum absolute atomic E-state index is 0.0562. The number of hydrogen-bond acceptors (Lipinski definition) is 4. The molecule has 88 valence electrons. The minimum atomic E-state index is -0.155. The molecule has 1 fully saturated rings. The number of hydrogen-bond donors (Lipinski definition) is 1. The molecule has 0 saturated carbocycles. The van der Waals surface area contributed by atoms with E-state index in [2.05, 4.69) is 15.5 Å². The number of rotatable bonds is 3. The SMILES string of the molecule is CCC=NN=C1SC(c2ccccc2)NC1=O. The normalized spacial score (nSPS) is 22.3. The van der Waals surface area contributed by atoms with Crippen LogP contribution in [0.4, 0.5) is 0 Å². The van der Waals surface area contributed by atoms with Crippen molar-refractivity contribution < 1.29 is 4.79 Å². The molecular weight excluding hydrogens is 234 g/mol. The van der Waals surface area contributed by atoms with Gasteiger partial charge in [0.05, 0.1) is 0 Å². The molecule has 1 amide bonds. The summed E-state index contributed by atoms with van der Waals surface area (Å²) >= 11 is 1.40. The van der Waals surface area contributed by atoms with Gasteiger partial charge in [-0.1, -0.05) is 49.0 Å². The Balaban J connectivity index is 2.10. The van der Waals surface area contributed by atoms with E-state index in [0.29, 0.717) is 5.04 Å². The van der Waals surface area contributed by atoms with Crippen LogP contribution >= 0.6 is 11.8 Å². The summed E-state index contributed by atoms with van der Waals surface area (Å²) in [5, 5.41) is 11.0. The highest BCUT2D eigenvalue weighted by atomic mass is 32.2. The number of benzene rings is 1. The smallest absolute Gasteiger partial charge is 0.279 e. The molecule has 1 saturated heterocycles. The highest BCUT2D eigenvalue weighted by Gasteiger charge is 2.29. The topological polar surface area (TPSA) is 53.8 Å². The molecule has 2 rings (SSSR count). The second-order valence-electron chi connectivity index (χ2n) is 3.49. The lowest BCUT2D eigenvalue weighted by molar-refractivity contribution is -0.114. The van der Waals surface area contributed by atoms with Gasteiger partial charge in [-0.25, -0.2) is 0 Å². The van der Waals surface area contributed by atoms with Crippen molar-refractivity contribution in [2.45, 2.75) is 18.7 Å². The molecule has 1 atom stereocenters. The standard InChI is InChI=1S/C12H13N3OS/c1-2-8-13-15-12-10(16)14-11(17-12)9-6-4-3-5-7-9/h3-8,11H,2H2,1H3,(H,14,16). The first-order chi connectivity index (χ1) is 8.31. The van der Waals surface area contributed by atoms with Crippen LogP contribution in [0.1, 0.15) is 24.3 Å². The van der Waals surface area contributed by atoms with Gasteiger partial charge in [0.25, 0.3) is 5.91 Å². The Labute approximate surface area is 104 Å². The van der Waals surface area contributed by atoms with Gasteiger partial charge in [0, 0.05) is 6.21 Å². The highest BCUT2D eigenvalue weighted by molar-refractivity contribution is 8.16. The zero-order valence-corrected chi connectivity index (χ0v) is 10.3. The number of nitrogens with one attached hydrogen (secondary N) is 1. The molecule has 1 aliphatic rings. The summed E-state index contributed by atoms with van der Waals surface area (Å²) in [4.78, 5) is 11.6. The molecule has 0 aliphatic carbocycles. The molecule has 0 bridgehead atoms. The van der Waals surface area contributed by atoms with Gasteiger partial charge in [0.1, 0.15) is 5.37 Å². The van der Waals surface area contributed by atoms with Crippen LogP contribution in [-0.2, 0) is 4.79 Å². The van der Waals surface area contributed by atoms with Gasteiger partial charge >= 0.3 is 0 Å². The first kappa shape index (κ1) is 11.9. The van der Waals surface area contributed by atoms with Crippen molar-refractivity contribution in [2.24, 2.45) is 10.2 Å². The van der Waals surface area contributed by atoms with Crippen LogP contribution in [0.5, 0.6) is 0 Å². The molecule has 1 aliphatic heterocycles. The average molecular weight is 247 g/mol. The maximum Gasteiger partial charge on any atom is 0.279 e. The van der Waals surface area contributed by atoms with Crippen LogP contribution in [0, 0.1) is 0 Å². The van der Waals surface area contributed by atoms with E-state index in [1.807, 2.05) is 37.3 Å². The maximum atomic E-state index is 11.6. The fourth-order valence-corrected chi connectivity index (χ4v) is 2.34. The predicted octanol–water partition coefficient (Wildman–Crippen LogP) is 2.34. The van der Waals surface area contributed by atoms with E-state index in [1.54, 1.807) is 6.21 Å². The lowest BCUT2D eigenvalue weighted by Crippen LogP contribution is -2.21. The molecule has 1 N–H and O–H groups in total. The third-order valence-corrected chi connectivity index (χ3v) is 3.32. The number of nitrogens with zero attached hydrogens (tertiary/aromatic N) is 2. The number of carbonyl (C=O) groups excluding carboxylic acids is 1. The molecule has 0 radical (unpaired) electrons. The third kappa shape index (κ3) is 2.94. The van der Waals surface area contributed by atoms with Crippen molar-refractivity contribution in [2.75, 3.05) is 0 Å². The molecule has 1 unspecified atom stereocenters. The third-order valence-electron chi connectivity index (χ3n) is 2.20. The second-order valence-corrected chi connectivity index (χ2v) is 4.59. The molecular formula is C12H13N3OS. The van der Waals surface area contributed by atoms with Crippen LogP contribution in [0.3, 0.4) is 0 Å². The fraction of sp³-hybridized carbons (Fsp3) is 0.250. The zero-order valence-electron chi connectivity index (χ0n) is 9.46. The van der Waals surface area contributed by atoms with Gasteiger partial charge in [-0.15, -0.1) is 5.10 Å². The molecule has 1 aromatic rings. The molecule has 1 aromatic carbocycles. The van der Waals surface area contributed by atoms with E-state index in [-0.39, 0.29) is 11.3 Å². The summed E-state index contributed by atoms with van der Waals surface area (Å²) in [6.07, 6.45) is 2.49. The number of thioether (sulfide) groups is 1. The van der Waals surface area contributed by atoms with Crippen molar-refractivity contribution in [1.29, 1.82) is 0 Å². The van der Waals surface area contributed by atoms with E-state index in [9.17, 15) is 4.79 Å². The molecule has 1 heterocycles. The van der Waals surface area contributed by atoms with E-state index < -0.39 is 0 Å². The van der Waals surface area contributed by atoms with Crippen LogP contribution in [-0.4, -0.2) is 17.2 Å². The summed E-state index contributed by atoms with van der Waals surface area (Å²) in [7, 11) is 0.